The van der Waals surface area contributed by atoms with E-state index in [1.807, 2.05) is 0 Å². The molecular weight excluding hydrogens is 242 g/mol. The molecule has 1 aromatic rings. The summed E-state index contributed by atoms with van der Waals surface area (Å²) in [5, 5.41) is 3.65. The van der Waals surface area contributed by atoms with Gasteiger partial charge < -0.3 is 14.8 Å². The van der Waals surface area contributed by atoms with Crippen molar-refractivity contribution in [3.8, 4) is 0 Å². The topological polar surface area (TPSA) is 56.3 Å². The zero-order valence-electron chi connectivity index (χ0n) is 10.4. The highest BCUT2D eigenvalue weighted by Crippen LogP contribution is 2.21. The van der Waals surface area contributed by atoms with E-state index in [0.29, 0.717) is 11.7 Å². The lowest BCUT2D eigenvalue weighted by atomic mass is 10.2. The van der Waals surface area contributed by atoms with Crippen LogP contribution >= 0.6 is 11.6 Å². The monoisotopic (exact) mass is 259 g/mol. The van der Waals surface area contributed by atoms with Crippen LogP contribution in [0.5, 0.6) is 0 Å². The molecule has 0 saturated carbocycles. The molecule has 0 amide bonds. The minimum absolute atomic E-state index is 0.307. The highest BCUT2D eigenvalue weighted by molar-refractivity contribution is 6.30. The molecule has 1 rings (SSSR count). The van der Waals surface area contributed by atoms with Gasteiger partial charge in [0.1, 0.15) is 17.3 Å². The predicted octanol–water partition coefficient (Wildman–Crippen LogP) is 2.11. The first-order valence-electron chi connectivity index (χ1n) is 5.51. The molecule has 1 heterocycles. The van der Waals surface area contributed by atoms with E-state index in [9.17, 15) is 0 Å². The molecular formula is C11H18ClN3O2. The quantitative estimate of drug-likeness (QED) is 0.600. The van der Waals surface area contributed by atoms with Crippen molar-refractivity contribution in [2.75, 3.05) is 26.1 Å². The third kappa shape index (κ3) is 4.11. The van der Waals surface area contributed by atoms with Crippen LogP contribution in [0.15, 0.2) is 6.33 Å². The van der Waals surface area contributed by atoms with Gasteiger partial charge in [-0.1, -0.05) is 24.9 Å². The van der Waals surface area contributed by atoms with Gasteiger partial charge in [0.15, 0.2) is 6.29 Å². The summed E-state index contributed by atoms with van der Waals surface area (Å²) in [7, 11) is 3.19. The molecule has 96 valence electrons. The maximum absolute atomic E-state index is 6.04. The SMILES string of the molecule is CCCc1c(Cl)ncnc1NCC(OC)OC. The summed E-state index contributed by atoms with van der Waals surface area (Å²) >= 11 is 6.04. The lowest BCUT2D eigenvalue weighted by Crippen LogP contribution is -2.24. The number of hydrogen-bond acceptors (Lipinski definition) is 5. The van der Waals surface area contributed by atoms with Crippen LogP contribution in [0.4, 0.5) is 5.82 Å². The van der Waals surface area contributed by atoms with Crippen molar-refractivity contribution in [1.82, 2.24) is 9.97 Å². The molecule has 0 saturated heterocycles. The molecule has 0 aliphatic carbocycles. The molecule has 0 unspecified atom stereocenters. The van der Waals surface area contributed by atoms with Crippen molar-refractivity contribution in [2.24, 2.45) is 0 Å². The lowest BCUT2D eigenvalue weighted by Gasteiger charge is -2.16. The molecule has 0 bridgehead atoms. The Bertz CT molecular complexity index is 345. The van der Waals surface area contributed by atoms with E-state index in [1.54, 1.807) is 14.2 Å². The Morgan fingerprint density at radius 2 is 2.06 bits per heavy atom. The number of aromatic nitrogens is 2. The van der Waals surface area contributed by atoms with Crippen molar-refractivity contribution in [1.29, 1.82) is 0 Å². The lowest BCUT2D eigenvalue weighted by molar-refractivity contribution is -0.0914. The van der Waals surface area contributed by atoms with Crippen LogP contribution in [0.1, 0.15) is 18.9 Å². The molecule has 6 heteroatoms. The van der Waals surface area contributed by atoms with Gasteiger partial charge in [-0.15, -0.1) is 0 Å². The maximum Gasteiger partial charge on any atom is 0.173 e. The van der Waals surface area contributed by atoms with E-state index in [1.165, 1.54) is 6.33 Å². The summed E-state index contributed by atoms with van der Waals surface area (Å²) in [6.07, 6.45) is 2.96. The van der Waals surface area contributed by atoms with Crippen LogP contribution < -0.4 is 5.32 Å². The first-order chi connectivity index (χ1) is 8.22. The number of hydrogen-bond donors (Lipinski definition) is 1. The number of ether oxygens (including phenoxy) is 2. The Balaban J connectivity index is 2.72. The van der Waals surface area contributed by atoms with Gasteiger partial charge in [-0.2, -0.15) is 0 Å². The average Bonchev–Trinajstić information content (AvgIpc) is 2.34. The molecule has 5 nitrogen and oxygen atoms in total. The normalized spacial score (nSPS) is 10.9. The molecule has 0 atom stereocenters. The Kier molecular flexibility index (Phi) is 6.18. The smallest absolute Gasteiger partial charge is 0.173 e. The molecule has 0 spiro atoms. The number of nitrogens with zero attached hydrogens (tertiary/aromatic N) is 2. The fraction of sp³-hybridized carbons (Fsp3) is 0.636. The van der Waals surface area contributed by atoms with Crippen molar-refractivity contribution < 1.29 is 9.47 Å². The molecule has 0 radical (unpaired) electrons. The van der Waals surface area contributed by atoms with Gasteiger partial charge in [0.25, 0.3) is 0 Å². The standard InChI is InChI=1S/C11H18ClN3O2/c1-4-5-8-10(12)14-7-15-11(8)13-6-9(16-2)17-3/h7,9H,4-6H2,1-3H3,(H,13,14,15). The summed E-state index contributed by atoms with van der Waals surface area (Å²) < 4.78 is 10.2. The van der Waals surface area contributed by atoms with Crippen LogP contribution in [0, 0.1) is 0 Å². The average molecular weight is 260 g/mol. The van der Waals surface area contributed by atoms with Crippen LogP contribution in [-0.4, -0.2) is 37.0 Å². The minimum Gasteiger partial charge on any atom is -0.365 e. The largest absolute Gasteiger partial charge is 0.365 e. The molecule has 17 heavy (non-hydrogen) atoms. The summed E-state index contributed by atoms with van der Waals surface area (Å²) in [5.41, 5.74) is 0.933. The highest BCUT2D eigenvalue weighted by atomic mass is 35.5. The molecule has 1 aromatic heterocycles. The number of halogens is 1. The first kappa shape index (κ1) is 14.2. The summed E-state index contributed by atoms with van der Waals surface area (Å²) in [6.45, 7) is 2.59. The van der Waals surface area contributed by atoms with Gasteiger partial charge in [0.2, 0.25) is 0 Å². The van der Waals surface area contributed by atoms with Crippen LogP contribution in [0.2, 0.25) is 5.15 Å². The second-order valence-corrected chi connectivity index (χ2v) is 3.88. The molecule has 0 aliphatic rings. The van der Waals surface area contributed by atoms with E-state index in [0.717, 1.165) is 24.2 Å². The van der Waals surface area contributed by atoms with Crippen molar-refractivity contribution in [2.45, 2.75) is 26.1 Å². The van der Waals surface area contributed by atoms with Crippen LogP contribution in [-0.2, 0) is 15.9 Å². The van der Waals surface area contributed by atoms with E-state index in [2.05, 4.69) is 22.2 Å². The Morgan fingerprint density at radius 3 is 2.65 bits per heavy atom. The summed E-state index contributed by atoms with van der Waals surface area (Å²) in [5.74, 6) is 0.742. The van der Waals surface area contributed by atoms with E-state index >= 15 is 0 Å². The zero-order valence-corrected chi connectivity index (χ0v) is 11.1. The van der Waals surface area contributed by atoms with Gasteiger partial charge in [-0.25, -0.2) is 9.97 Å². The Labute approximate surface area is 107 Å². The maximum atomic E-state index is 6.04. The van der Waals surface area contributed by atoms with Crippen molar-refractivity contribution >= 4 is 17.4 Å². The van der Waals surface area contributed by atoms with Gasteiger partial charge in [-0.05, 0) is 6.42 Å². The summed E-state index contributed by atoms with van der Waals surface area (Å²) in [4.78, 5) is 8.16. The Hall–Kier alpha value is -0.910. The first-order valence-corrected chi connectivity index (χ1v) is 5.89. The van der Waals surface area contributed by atoms with Crippen LogP contribution in [0.25, 0.3) is 0 Å². The minimum atomic E-state index is -0.307. The third-order valence-electron chi connectivity index (χ3n) is 2.35. The number of anilines is 1. The highest BCUT2D eigenvalue weighted by Gasteiger charge is 2.11. The molecule has 0 fully saturated rings. The van der Waals surface area contributed by atoms with Crippen LogP contribution in [0.3, 0.4) is 0 Å². The molecule has 0 aromatic carbocycles. The van der Waals surface area contributed by atoms with Gasteiger partial charge in [0.05, 0.1) is 6.54 Å². The molecule has 1 N–H and O–H groups in total. The van der Waals surface area contributed by atoms with E-state index < -0.39 is 0 Å². The Morgan fingerprint density at radius 1 is 1.35 bits per heavy atom. The van der Waals surface area contributed by atoms with Gasteiger partial charge in [0, 0.05) is 19.8 Å². The summed E-state index contributed by atoms with van der Waals surface area (Å²) in [6, 6.07) is 0. The van der Waals surface area contributed by atoms with Gasteiger partial charge >= 0.3 is 0 Å². The van der Waals surface area contributed by atoms with Crippen molar-refractivity contribution in [3.05, 3.63) is 17.0 Å². The second-order valence-electron chi connectivity index (χ2n) is 3.52. The predicted molar refractivity (Wildman–Crippen MR) is 67.3 cm³/mol. The zero-order chi connectivity index (χ0) is 12.7. The van der Waals surface area contributed by atoms with E-state index in [4.69, 9.17) is 21.1 Å². The second kappa shape index (κ2) is 7.42. The number of rotatable bonds is 7. The van der Waals surface area contributed by atoms with Gasteiger partial charge in [-0.3, -0.25) is 0 Å². The van der Waals surface area contributed by atoms with Crippen molar-refractivity contribution in [3.63, 3.8) is 0 Å². The molecule has 0 aliphatic heterocycles. The fourth-order valence-electron chi connectivity index (χ4n) is 1.46. The number of nitrogens with one attached hydrogen (secondary N) is 1. The number of methoxy groups -OCH3 is 2. The van der Waals surface area contributed by atoms with E-state index in [-0.39, 0.29) is 6.29 Å². The fourth-order valence-corrected chi connectivity index (χ4v) is 1.69. The third-order valence-corrected chi connectivity index (χ3v) is 2.68.